The summed E-state index contributed by atoms with van der Waals surface area (Å²) < 4.78 is 12.9. The summed E-state index contributed by atoms with van der Waals surface area (Å²) in [4.78, 5) is 0. The van der Waals surface area contributed by atoms with Gasteiger partial charge < -0.3 is 5.32 Å². The molecule has 0 unspecified atom stereocenters. The third-order valence-corrected chi connectivity index (χ3v) is 4.62. The molecule has 0 amide bonds. The number of hydrogen-bond donors (Lipinski definition) is 1. The van der Waals surface area contributed by atoms with Gasteiger partial charge in [0.05, 0.1) is 0 Å². The molecule has 3 rings (SSSR count). The maximum absolute atomic E-state index is 12.9. The molecule has 0 fully saturated rings. The largest absolute Gasteiger partial charge is 0.360 e. The average molecular weight is 319 g/mol. The third kappa shape index (κ3) is 4.09. The van der Waals surface area contributed by atoms with Gasteiger partial charge in [0.15, 0.2) is 0 Å². The quantitative estimate of drug-likeness (QED) is 0.746. The number of nitrogens with zero attached hydrogens (tertiary/aromatic N) is 2. The number of aromatic nitrogens is 2. The summed E-state index contributed by atoms with van der Waals surface area (Å²) in [6, 6.07) is 8.62. The molecule has 0 atom stereocenters. The summed E-state index contributed by atoms with van der Waals surface area (Å²) in [5, 5.41) is 17.6. The highest BCUT2D eigenvalue weighted by atomic mass is 32.1. The molecule has 0 bridgehead atoms. The Morgan fingerprint density at radius 1 is 1.05 bits per heavy atom. The van der Waals surface area contributed by atoms with Crippen molar-refractivity contribution < 1.29 is 4.39 Å². The molecule has 21 heavy (non-hydrogen) atoms. The minimum atomic E-state index is -0.216. The van der Waals surface area contributed by atoms with Crippen LogP contribution in [-0.4, -0.2) is 16.7 Å². The molecule has 0 aliphatic carbocycles. The van der Waals surface area contributed by atoms with Gasteiger partial charge in [-0.15, -0.1) is 10.2 Å². The second kappa shape index (κ2) is 6.78. The first kappa shape index (κ1) is 14.2. The summed E-state index contributed by atoms with van der Waals surface area (Å²) in [6.07, 6.45) is 1.67. The zero-order valence-corrected chi connectivity index (χ0v) is 12.9. The predicted octanol–water partition coefficient (Wildman–Crippen LogP) is 3.98. The fraction of sp³-hybridized carbons (Fsp3) is 0.200. The van der Waals surface area contributed by atoms with Gasteiger partial charge in [0.2, 0.25) is 5.13 Å². The Labute approximate surface area is 130 Å². The molecule has 0 saturated carbocycles. The van der Waals surface area contributed by atoms with Crippen LogP contribution in [0.5, 0.6) is 0 Å². The fourth-order valence-corrected chi connectivity index (χ4v) is 3.42. The number of rotatable bonds is 6. The minimum Gasteiger partial charge on any atom is -0.360 e. The lowest BCUT2D eigenvalue weighted by molar-refractivity contribution is 0.627. The molecule has 6 heteroatoms. The second-order valence-electron chi connectivity index (χ2n) is 4.61. The molecule has 108 valence electrons. The van der Waals surface area contributed by atoms with Crippen LogP contribution in [0.3, 0.4) is 0 Å². The molecule has 1 N–H and O–H groups in total. The molecule has 2 aromatic heterocycles. The van der Waals surface area contributed by atoms with Crippen LogP contribution in [0.1, 0.15) is 16.1 Å². The summed E-state index contributed by atoms with van der Waals surface area (Å²) in [7, 11) is 0. The van der Waals surface area contributed by atoms with Crippen LogP contribution in [0.4, 0.5) is 9.52 Å². The van der Waals surface area contributed by atoms with E-state index in [1.165, 1.54) is 17.7 Å². The van der Waals surface area contributed by atoms with Crippen LogP contribution in [0.2, 0.25) is 0 Å². The van der Waals surface area contributed by atoms with Gasteiger partial charge in [-0.05, 0) is 46.5 Å². The van der Waals surface area contributed by atoms with E-state index in [-0.39, 0.29) is 5.82 Å². The van der Waals surface area contributed by atoms with Gasteiger partial charge in [0.25, 0.3) is 0 Å². The monoisotopic (exact) mass is 319 g/mol. The molecular formula is C15H14FN3S2. The Balaban J connectivity index is 1.52. The Morgan fingerprint density at radius 3 is 2.67 bits per heavy atom. The minimum absolute atomic E-state index is 0.216. The molecule has 0 saturated heterocycles. The van der Waals surface area contributed by atoms with E-state index in [0.717, 1.165) is 28.7 Å². The SMILES string of the molecule is Fc1ccc(Cc2nnc(NCCc3ccsc3)s2)cc1. The van der Waals surface area contributed by atoms with Crippen LogP contribution in [-0.2, 0) is 12.8 Å². The van der Waals surface area contributed by atoms with Crippen molar-refractivity contribution >= 4 is 27.8 Å². The van der Waals surface area contributed by atoms with Crippen molar-refractivity contribution in [3.63, 3.8) is 0 Å². The van der Waals surface area contributed by atoms with Gasteiger partial charge in [0.1, 0.15) is 10.8 Å². The van der Waals surface area contributed by atoms with Crippen molar-refractivity contribution in [2.45, 2.75) is 12.8 Å². The van der Waals surface area contributed by atoms with Crippen molar-refractivity contribution in [3.05, 3.63) is 63.0 Å². The maximum Gasteiger partial charge on any atom is 0.205 e. The molecule has 1 aromatic carbocycles. The van der Waals surface area contributed by atoms with Gasteiger partial charge in [-0.25, -0.2) is 4.39 Å². The third-order valence-electron chi connectivity index (χ3n) is 3.01. The highest BCUT2D eigenvalue weighted by Gasteiger charge is 2.05. The van der Waals surface area contributed by atoms with E-state index >= 15 is 0 Å². The summed E-state index contributed by atoms with van der Waals surface area (Å²) in [5.74, 6) is -0.216. The first-order valence-electron chi connectivity index (χ1n) is 6.61. The van der Waals surface area contributed by atoms with Gasteiger partial charge >= 0.3 is 0 Å². The fourth-order valence-electron chi connectivity index (χ4n) is 1.92. The highest BCUT2D eigenvalue weighted by Crippen LogP contribution is 2.19. The van der Waals surface area contributed by atoms with Gasteiger partial charge in [-0.3, -0.25) is 0 Å². The number of benzene rings is 1. The highest BCUT2D eigenvalue weighted by molar-refractivity contribution is 7.15. The lowest BCUT2D eigenvalue weighted by Gasteiger charge is -1.99. The lowest BCUT2D eigenvalue weighted by Crippen LogP contribution is -2.03. The zero-order chi connectivity index (χ0) is 14.5. The number of nitrogens with one attached hydrogen (secondary N) is 1. The second-order valence-corrected chi connectivity index (χ2v) is 6.45. The number of anilines is 1. The van der Waals surface area contributed by atoms with Crippen LogP contribution < -0.4 is 5.32 Å². The van der Waals surface area contributed by atoms with Gasteiger partial charge in [-0.2, -0.15) is 11.3 Å². The number of thiophene rings is 1. The number of hydrogen-bond acceptors (Lipinski definition) is 5. The molecule has 0 spiro atoms. The van der Waals surface area contributed by atoms with Crippen molar-refractivity contribution in [1.29, 1.82) is 0 Å². The Morgan fingerprint density at radius 2 is 1.90 bits per heavy atom. The van der Waals surface area contributed by atoms with E-state index in [4.69, 9.17) is 0 Å². The summed E-state index contributed by atoms with van der Waals surface area (Å²) in [5.41, 5.74) is 2.38. The summed E-state index contributed by atoms with van der Waals surface area (Å²) >= 11 is 3.26. The first-order valence-corrected chi connectivity index (χ1v) is 8.37. The molecular weight excluding hydrogens is 305 g/mol. The lowest BCUT2D eigenvalue weighted by atomic mass is 10.2. The molecule has 0 aliphatic rings. The Hall–Kier alpha value is -1.79. The van der Waals surface area contributed by atoms with Crippen molar-refractivity contribution in [2.24, 2.45) is 0 Å². The van der Waals surface area contributed by atoms with Crippen molar-refractivity contribution in [2.75, 3.05) is 11.9 Å². The molecule has 3 aromatic rings. The van der Waals surface area contributed by atoms with Crippen molar-refractivity contribution in [1.82, 2.24) is 10.2 Å². The van der Waals surface area contributed by atoms with E-state index in [0.29, 0.717) is 6.42 Å². The standard InChI is InChI=1S/C15H14FN3S2/c16-13-3-1-11(2-4-13)9-14-18-19-15(21-14)17-7-5-12-6-8-20-10-12/h1-4,6,8,10H,5,7,9H2,(H,17,19). The van der Waals surface area contributed by atoms with Gasteiger partial charge in [-0.1, -0.05) is 23.5 Å². The molecule has 2 heterocycles. The molecule has 3 nitrogen and oxygen atoms in total. The van der Waals surface area contributed by atoms with E-state index in [1.807, 2.05) is 0 Å². The normalized spacial score (nSPS) is 10.7. The summed E-state index contributed by atoms with van der Waals surface area (Å²) in [6.45, 7) is 0.849. The van der Waals surface area contributed by atoms with Crippen LogP contribution in [0, 0.1) is 5.82 Å². The van der Waals surface area contributed by atoms with Crippen LogP contribution in [0.25, 0.3) is 0 Å². The first-order chi connectivity index (χ1) is 10.3. The van der Waals surface area contributed by atoms with Gasteiger partial charge in [0, 0.05) is 13.0 Å². The predicted molar refractivity (Wildman–Crippen MR) is 85.6 cm³/mol. The van der Waals surface area contributed by atoms with E-state index < -0.39 is 0 Å². The van der Waals surface area contributed by atoms with E-state index in [1.54, 1.807) is 34.8 Å². The van der Waals surface area contributed by atoms with E-state index in [2.05, 4.69) is 32.3 Å². The van der Waals surface area contributed by atoms with Crippen molar-refractivity contribution in [3.8, 4) is 0 Å². The maximum atomic E-state index is 12.9. The van der Waals surface area contributed by atoms with E-state index in [9.17, 15) is 4.39 Å². The number of halogens is 1. The average Bonchev–Trinajstić information content (AvgIpc) is 3.14. The van der Waals surface area contributed by atoms with Crippen LogP contribution >= 0.6 is 22.7 Å². The zero-order valence-electron chi connectivity index (χ0n) is 11.3. The van der Waals surface area contributed by atoms with Crippen LogP contribution in [0.15, 0.2) is 41.1 Å². The molecule has 0 radical (unpaired) electrons. The Bertz CT molecular complexity index is 677. The topological polar surface area (TPSA) is 37.8 Å². The molecule has 0 aliphatic heterocycles. The Kier molecular flexibility index (Phi) is 4.57. The smallest absolute Gasteiger partial charge is 0.205 e.